The molecule has 1 amide bonds. The van der Waals surface area contributed by atoms with Crippen molar-refractivity contribution < 1.29 is 4.79 Å². The zero-order chi connectivity index (χ0) is 19.2. The summed E-state index contributed by atoms with van der Waals surface area (Å²) in [5.41, 5.74) is 1.03. The van der Waals surface area contributed by atoms with Gasteiger partial charge in [-0.15, -0.1) is 11.3 Å². The van der Waals surface area contributed by atoms with Crippen LogP contribution in [-0.2, 0) is 11.3 Å². The lowest BCUT2D eigenvalue weighted by Gasteiger charge is -2.36. The summed E-state index contributed by atoms with van der Waals surface area (Å²) in [5, 5.41) is 6.51. The Bertz CT molecular complexity index is 646. The van der Waals surface area contributed by atoms with Gasteiger partial charge in [0.1, 0.15) is 0 Å². The fraction of sp³-hybridized carbons (Fsp3) is 0.722. The number of carbonyl (C=O) groups excluding carboxylic acids is 1. The Balaban J connectivity index is 1.43. The Morgan fingerprint density at radius 1 is 1.19 bits per heavy atom. The SMILES string of the molecule is CN=C(NCc1csc(N(C)C)n1)N1CCN(CC(=O)N2CCCC2)CC1. The molecule has 0 radical (unpaired) electrons. The number of amides is 1. The minimum Gasteiger partial charge on any atom is -0.354 e. The maximum absolute atomic E-state index is 12.3. The van der Waals surface area contributed by atoms with Crippen LogP contribution in [0.4, 0.5) is 5.13 Å². The molecule has 1 N–H and O–H groups in total. The molecule has 9 heteroatoms. The monoisotopic (exact) mass is 393 g/mol. The van der Waals surface area contributed by atoms with Gasteiger partial charge in [-0.3, -0.25) is 14.7 Å². The summed E-state index contributed by atoms with van der Waals surface area (Å²) in [7, 11) is 5.82. The van der Waals surface area contributed by atoms with Gasteiger partial charge in [0.15, 0.2) is 11.1 Å². The highest BCUT2D eigenvalue weighted by atomic mass is 32.1. The molecule has 2 fully saturated rings. The molecule has 0 saturated carbocycles. The van der Waals surface area contributed by atoms with Crippen molar-refractivity contribution in [1.82, 2.24) is 25.0 Å². The van der Waals surface area contributed by atoms with Crippen LogP contribution >= 0.6 is 11.3 Å². The van der Waals surface area contributed by atoms with Crippen LogP contribution in [0.1, 0.15) is 18.5 Å². The van der Waals surface area contributed by atoms with Crippen LogP contribution < -0.4 is 10.2 Å². The molecule has 0 aliphatic carbocycles. The average molecular weight is 394 g/mol. The van der Waals surface area contributed by atoms with E-state index in [2.05, 4.69) is 30.5 Å². The van der Waals surface area contributed by atoms with Crippen molar-refractivity contribution in [3.05, 3.63) is 11.1 Å². The number of rotatable bonds is 5. The maximum Gasteiger partial charge on any atom is 0.236 e. The van der Waals surface area contributed by atoms with E-state index in [-0.39, 0.29) is 5.91 Å². The van der Waals surface area contributed by atoms with Crippen molar-refractivity contribution in [2.75, 3.05) is 71.9 Å². The van der Waals surface area contributed by atoms with E-state index in [9.17, 15) is 4.79 Å². The number of aromatic nitrogens is 1. The molecular weight excluding hydrogens is 362 g/mol. The Hall–Kier alpha value is -1.87. The van der Waals surface area contributed by atoms with Gasteiger partial charge in [0.2, 0.25) is 5.91 Å². The molecular formula is C18H31N7OS. The summed E-state index contributed by atoms with van der Waals surface area (Å²) in [6.45, 7) is 6.63. The second-order valence-corrected chi connectivity index (χ2v) is 8.10. The lowest BCUT2D eigenvalue weighted by Crippen LogP contribution is -2.54. The summed E-state index contributed by atoms with van der Waals surface area (Å²) in [6.07, 6.45) is 2.30. The normalized spacial score (nSPS) is 18.9. The molecule has 3 heterocycles. The van der Waals surface area contributed by atoms with Crippen molar-refractivity contribution >= 4 is 28.3 Å². The first-order valence-electron chi connectivity index (χ1n) is 9.64. The van der Waals surface area contributed by atoms with Crippen LogP contribution in [0.3, 0.4) is 0 Å². The van der Waals surface area contributed by atoms with E-state index in [1.54, 1.807) is 11.3 Å². The van der Waals surface area contributed by atoms with Gasteiger partial charge in [0, 0.05) is 65.8 Å². The van der Waals surface area contributed by atoms with Gasteiger partial charge in [0.05, 0.1) is 18.8 Å². The topological polar surface area (TPSA) is 67.3 Å². The summed E-state index contributed by atoms with van der Waals surface area (Å²) < 4.78 is 0. The van der Waals surface area contributed by atoms with Crippen molar-refractivity contribution in [2.45, 2.75) is 19.4 Å². The van der Waals surface area contributed by atoms with Crippen molar-refractivity contribution in [3.8, 4) is 0 Å². The Morgan fingerprint density at radius 3 is 2.48 bits per heavy atom. The first kappa shape index (κ1) is 19.9. The third-order valence-corrected chi connectivity index (χ3v) is 6.11. The Kier molecular flexibility index (Phi) is 6.89. The highest BCUT2D eigenvalue weighted by molar-refractivity contribution is 7.13. The van der Waals surface area contributed by atoms with Crippen LogP contribution in [-0.4, -0.2) is 98.5 Å². The van der Waals surface area contributed by atoms with Gasteiger partial charge in [-0.2, -0.15) is 0 Å². The second kappa shape index (κ2) is 9.36. The van der Waals surface area contributed by atoms with E-state index in [4.69, 9.17) is 0 Å². The summed E-state index contributed by atoms with van der Waals surface area (Å²) in [5.74, 6) is 1.18. The average Bonchev–Trinajstić information content (AvgIpc) is 3.35. The van der Waals surface area contributed by atoms with Crippen LogP contribution in [0, 0.1) is 0 Å². The fourth-order valence-corrected chi connectivity index (χ4v) is 4.22. The minimum absolute atomic E-state index is 0.281. The second-order valence-electron chi connectivity index (χ2n) is 7.27. The predicted octanol–water partition coefficient (Wildman–Crippen LogP) is 0.525. The molecule has 0 bridgehead atoms. The van der Waals surface area contributed by atoms with Gasteiger partial charge >= 0.3 is 0 Å². The number of guanidine groups is 1. The van der Waals surface area contributed by atoms with Crippen LogP contribution in [0.5, 0.6) is 0 Å². The van der Waals surface area contributed by atoms with Gasteiger partial charge in [-0.25, -0.2) is 4.98 Å². The molecule has 0 unspecified atom stereocenters. The third kappa shape index (κ3) is 5.32. The molecule has 27 heavy (non-hydrogen) atoms. The van der Waals surface area contributed by atoms with Gasteiger partial charge < -0.3 is 20.0 Å². The van der Waals surface area contributed by atoms with E-state index in [1.807, 2.05) is 30.9 Å². The van der Waals surface area contributed by atoms with Gasteiger partial charge in [0.25, 0.3) is 0 Å². The minimum atomic E-state index is 0.281. The van der Waals surface area contributed by atoms with Crippen molar-refractivity contribution in [3.63, 3.8) is 0 Å². The van der Waals surface area contributed by atoms with Crippen molar-refractivity contribution in [1.29, 1.82) is 0 Å². The lowest BCUT2D eigenvalue weighted by molar-refractivity contribution is -0.131. The standard InChI is InChI=1S/C18H31N7OS/c1-19-17(20-12-15-14-27-18(21-15)22(2)3)25-10-8-23(9-11-25)13-16(26)24-6-4-5-7-24/h14H,4-13H2,1-3H3,(H,19,20). The lowest BCUT2D eigenvalue weighted by atomic mass is 10.3. The third-order valence-electron chi connectivity index (χ3n) is 5.05. The zero-order valence-electron chi connectivity index (χ0n) is 16.6. The molecule has 2 aliphatic heterocycles. The van der Waals surface area contributed by atoms with Crippen molar-refractivity contribution in [2.24, 2.45) is 4.99 Å². The van der Waals surface area contributed by atoms with Crippen LogP contribution in [0.15, 0.2) is 10.4 Å². The number of likely N-dealkylation sites (tertiary alicyclic amines) is 1. The number of carbonyl (C=O) groups is 1. The largest absolute Gasteiger partial charge is 0.354 e. The number of thiazole rings is 1. The number of hydrogen-bond acceptors (Lipinski definition) is 6. The number of anilines is 1. The number of aliphatic imine (C=N–C) groups is 1. The molecule has 1 aromatic heterocycles. The Morgan fingerprint density at radius 2 is 1.89 bits per heavy atom. The molecule has 8 nitrogen and oxygen atoms in total. The smallest absolute Gasteiger partial charge is 0.236 e. The van der Waals surface area contributed by atoms with E-state index in [0.29, 0.717) is 13.1 Å². The highest BCUT2D eigenvalue weighted by Gasteiger charge is 2.24. The molecule has 1 aromatic rings. The van der Waals surface area contributed by atoms with E-state index < -0.39 is 0 Å². The molecule has 3 rings (SSSR count). The first-order valence-corrected chi connectivity index (χ1v) is 10.5. The number of nitrogens with one attached hydrogen (secondary N) is 1. The van der Waals surface area contributed by atoms with Crippen LogP contribution in [0.2, 0.25) is 0 Å². The number of piperazine rings is 1. The molecule has 0 atom stereocenters. The number of hydrogen-bond donors (Lipinski definition) is 1. The fourth-order valence-electron chi connectivity index (χ4n) is 3.46. The first-order chi connectivity index (χ1) is 13.1. The van der Waals surface area contributed by atoms with E-state index in [0.717, 1.165) is 68.9 Å². The van der Waals surface area contributed by atoms with Gasteiger partial charge in [-0.1, -0.05) is 0 Å². The van der Waals surface area contributed by atoms with E-state index in [1.165, 1.54) is 0 Å². The highest BCUT2D eigenvalue weighted by Crippen LogP contribution is 2.17. The quantitative estimate of drug-likeness (QED) is 0.581. The summed E-state index contributed by atoms with van der Waals surface area (Å²) >= 11 is 1.65. The molecule has 150 valence electrons. The molecule has 2 aliphatic rings. The zero-order valence-corrected chi connectivity index (χ0v) is 17.5. The maximum atomic E-state index is 12.3. The molecule has 2 saturated heterocycles. The summed E-state index contributed by atoms with van der Waals surface area (Å²) in [6, 6.07) is 0. The van der Waals surface area contributed by atoms with Crippen LogP contribution in [0.25, 0.3) is 0 Å². The molecule has 0 aromatic carbocycles. The van der Waals surface area contributed by atoms with Gasteiger partial charge in [-0.05, 0) is 12.8 Å². The molecule has 0 spiro atoms. The van der Waals surface area contributed by atoms with E-state index >= 15 is 0 Å². The number of nitrogens with zero attached hydrogens (tertiary/aromatic N) is 6. The Labute approximate surface area is 165 Å². The predicted molar refractivity (Wildman–Crippen MR) is 110 cm³/mol. The summed E-state index contributed by atoms with van der Waals surface area (Å²) in [4.78, 5) is 29.9.